The molecule has 4 aromatic heterocycles. The molecule has 49 heavy (non-hydrogen) atoms. The maximum Gasteiger partial charge on any atom is 0.131 e. The average Bonchev–Trinajstić information content (AvgIpc) is 3.82. The number of pyridine rings is 1. The second kappa shape index (κ2) is 9.96. The summed E-state index contributed by atoms with van der Waals surface area (Å²) < 4.78 is 7.32. The summed E-state index contributed by atoms with van der Waals surface area (Å²) in [6.45, 7) is 0. The maximum absolute atomic E-state index is 2.50. The second-order valence-electron chi connectivity index (χ2n) is 13.0. The van der Waals surface area contributed by atoms with Crippen molar-refractivity contribution in [3.63, 3.8) is 0 Å². The van der Waals surface area contributed by atoms with Crippen molar-refractivity contribution >= 4 is 70.9 Å². The Bertz CT molecular complexity index is 3090. The fourth-order valence-electron chi connectivity index (χ4n) is 8.38. The van der Waals surface area contributed by atoms with Gasteiger partial charge in [-0.25, -0.2) is 0 Å². The van der Waals surface area contributed by atoms with Gasteiger partial charge < -0.3 is 4.57 Å². The third-order valence-corrected chi connectivity index (χ3v) is 10.4. The Kier molecular flexibility index (Phi) is 5.38. The number of nitrogens with zero attached hydrogens (tertiary/aromatic N) is 3. The predicted octanol–water partition coefficient (Wildman–Crippen LogP) is 12.1. The molecule has 4 heterocycles. The molecule has 0 aliphatic rings. The van der Waals surface area contributed by atoms with Crippen LogP contribution >= 0.6 is 0 Å². The Morgan fingerprint density at radius 2 is 0.837 bits per heavy atom. The summed E-state index contributed by atoms with van der Waals surface area (Å²) in [5.74, 6) is 0. The first-order chi connectivity index (χ1) is 24.3. The van der Waals surface area contributed by atoms with Crippen molar-refractivity contribution in [2.45, 2.75) is 0 Å². The van der Waals surface area contributed by atoms with Gasteiger partial charge in [0, 0.05) is 43.7 Å². The van der Waals surface area contributed by atoms with Crippen molar-refractivity contribution < 1.29 is 0 Å². The van der Waals surface area contributed by atoms with Crippen LogP contribution in [0.4, 0.5) is 0 Å². The first-order valence-corrected chi connectivity index (χ1v) is 16.9. The molecule has 0 spiro atoms. The summed E-state index contributed by atoms with van der Waals surface area (Å²) in [4.78, 5) is 0. The highest BCUT2D eigenvalue weighted by atomic mass is 15.1. The second-order valence-corrected chi connectivity index (χ2v) is 13.0. The van der Waals surface area contributed by atoms with E-state index in [1.165, 1.54) is 87.7 Å². The van der Waals surface area contributed by atoms with Crippen LogP contribution in [0.25, 0.3) is 93.4 Å². The lowest BCUT2D eigenvalue weighted by molar-refractivity contribution is 1.12. The van der Waals surface area contributed by atoms with Gasteiger partial charge >= 0.3 is 0 Å². The van der Waals surface area contributed by atoms with Gasteiger partial charge in [-0.15, -0.1) is 0 Å². The largest absolute Gasteiger partial charge is 0.309 e. The van der Waals surface area contributed by atoms with Crippen LogP contribution in [0, 0.1) is 0 Å². The zero-order chi connectivity index (χ0) is 32.1. The molecule has 0 unspecified atom stereocenters. The highest BCUT2D eigenvalue weighted by molar-refractivity contribution is 6.22. The van der Waals surface area contributed by atoms with Crippen molar-refractivity contribution in [1.29, 1.82) is 0 Å². The Hall–Kier alpha value is -6.58. The zero-order valence-corrected chi connectivity index (χ0v) is 26.6. The van der Waals surface area contributed by atoms with Crippen LogP contribution in [-0.4, -0.2) is 13.5 Å². The number of rotatable bonds is 3. The van der Waals surface area contributed by atoms with Gasteiger partial charge in [-0.1, -0.05) is 115 Å². The van der Waals surface area contributed by atoms with Crippen molar-refractivity contribution in [3.8, 4) is 22.5 Å². The van der Waals surface area contributed by atoms with Crippen molar-refractivity contribution in [1.82, 2.24) is 13.5 Å². The third kappa shape index (κ3) is 3.62. The van der Waals surface area contributed by atoms with Gasteiger partial charge in [0.25, 0.3) is 0 Å². The summed E-state index contributed by atoms with van der Waals surface area (Å²) in [5.41, 5.74) is 12.0. The first kappa shape index (κ1) is 26.5. The molecule has 0 N–H and O–H groups in total. The lowest BCUT2D eigenvalue weighted by atomic mass is 9.95. The molecule has 0 saturated carbocycles. The standard InChI is InChI=1S/C46H29N3/c1-3-14-31(15-4-1)47-40-23-11-9-19-35(40)38-28-30(26-27-42(38)47)33-22-13-25-43-45(33)37-21-8-7-18-34(37)44-29-39-36-20-10-12-24-41(36)48(46(39)49(43)44)32-16-5-2-6-17-32/h1-29H. The van der Waals surface area contributed by atoms with Crippen LogP contribution in [0.1, 0.15) is 0 Å². The molecule has 3 nitrogen and oxygen atoms in total. The molecule has 0 aliphatic heterocycles. The summed E-state index contributed by atoms with van der Waals surface area (Å²) in [5, 5.41) is 8.82. The molecule has 228 valence electrons. The summed E-state index contributed by atoms with van der Waals surface area (Å²) in [6, 6.07) is 64.2. The van der Waals surface area contributed by atoms with Crippen molar-refractivity contribution in [2.24, 2.45) is 0 Å². The van der Waals surface area contributed by atoms with E-state index in [1.807, 2.05) is 0 Å². The van der Waals surface area contributed by atoms with E-state index in [0.717, 1.165) is 5.69 Å². The Morgan fingerprint density at radius 3 is 1.55 bits per heavy atom. The van der Waals surface area contributed by atoms with E-state index in [0.29, 0.717) is 0 Å². The van der Waals surface area contributed by atoms with E-state index < -0.39 is 0 Å². The molecule has 0 bridgehead atoms. The van der Waals surface area contributed by atoms with E-state index >= 15 is 0 Å². The Labute approximate surface area is 282 Å². The summed E-state index contributed by atoms with van der Waals surface area (Å²) in [7, 11) is 0. The molecule has 0 amide bonds. The first-order valence-electron chi connectivity index (χ1n) is 16.9. The number of aromatic nitrogens is 3. The van der Waals surface area contributed by atoms with Gasteiger partial charge in [0.2, 0.25) is 0 Å². The lowest BCUT2D eigenvalue weighted by Crippen LogP contribution is -1.99. The van der Waals surface area contributed by atoms with Gasteiger partial charge in [-0.05, 0) is 77.2 Å². The fraction of sp³-hybridized carbons (Fsp3) is 0. The van der Waals surface area contributed by atoms with Crippen LogP contribution in [0.2, 0.25) is 0 Å². The quantitative estimate of drug-likeness (QED) is 0.174. The monoisotopic (exact) mass is 623 g/mol. The summed E-state index contributed by atoms with van der Waals surface area (Å²) >= 11 is 0. The number of hydrogen-bond acceptors (Lipinski definition) is 0. The van der Waals surface area contributed by atoms with Crippen molar-refractivity contribution in [2.75, 3.05) is 0 Å². The van der Waals surface area contributed by atoms with Crippen molar-refractivity contribution in [3.05, 3.63) is 176 Å². The minimum atomic E-state index is 1.16. The number of para-hydroxylation sites is 4. The van der Waals surface area contributed by atoms with Gasteiger partial charge in [0.05, 0.1) is 27.6 Å². The average molecular weight is 624 g/mol. The molecule has 11 aromatic rings. The fourth-order valence-corrected chi connectivity index (χ4v) is 8.38. The number of hydrogen-bond donors (Lipinski definition) is 0. The minimum Gasteiger partial charge on any atom is -0.309 e. The molecule has 7 aromatic carbocycles. The van der Waals surface area contributed by atoms with Gasteiger partial charge in [0.1, 0.15) is 5.65 Å². The molecule has 0 radical (unpaired) electrons. The van der Waals surface area contributed by atoms with Crippen LogP contribution in [0.3, 0.4) is 0 Å². The van der Waals surface area contributed by atoms with E-state index in [-0.39, 0.29) is 0 Å². The van der Waals surface area contributed by atoms with Crippen LogP contribution < -0.4 is 0 Å². The van der Waals surface area contributed by atoms with Gasteiger partial charge in [-0.2, -0.15) is 0 Å². The Balaban J connectivity index is 1.28. The molecule has 11 rings (SSSR count). The molecule has 0 fully saturated rings. The highest BCUT2D eigenvalue weighted by Gasteiger charge is 2.22. The maximum atomic E-state index is 2.50. The predicted molar refractivity (Wildman–Crippen MR) is 207 cm³/mol. The van der Waals surface area contributed by atoms with Crippen LogP contribution in [0.5, 0.6) is 0 Å². The van der Waals surface area contributed by atoms with E-state index in [4.69, 9.17) is 0 Å². The highest BCUT2D eigenvalue weighted by Crippen LogP contribution is 2.43. The molecule has 0 atom stereocenters. The molecule has 0 aliphatic carbocycles. The zero-order valence-electron chi connectivity index (χ0n) is 26.6. The molecule has 0 saturated heterocycles. The van der Waals surface area contributed by atoms with Crippen LogP contribution in [-0.2, 0) is 0 Å². The van der Waals surface area contributed by atoms with E-state index in [2.05, 4.69) is 189 Å². The lowest BCUT2D eigenvalue weighted by Gasteiger charge is -2.16. The third-order valence-electron chi connectivity index (χ3n) is 10.4. The molecular formula is C46H29N3. The van der Waals surface area contributed by atoms with Gasteiger partial charge in [0.15, 0.2) is 0 Å². The normalized spacial score (nSPS) is 12.1. The molecule has 3 heteroatoms. The number of fused-ring (bicyclic) bond motifs is 13. The Morgan fingerprint density at radius 1 is 0.306 bits per heavy atom. The topological polar surface area (TPSA) is 14.3 Å². The SMILES string of the molecule is c1ccc(-n2c3ccccc3c3cc(-c4cccc5c4c4ccccc4c4cc6c7ccccc7n(-c7ccccc7)c6n45)ccc32)cc1. The summed E-state index contributed by atoms with van der Waals surface area (Å²) in [6.07, 6.45) is 0. The minimum absolute atomic E-state index is 1.16. The van der Waals surface area contributed by atoms with Crippen LogP contribution in [0.15, 0.2) is 176 Å². The molecular weight excluding hydrogens is 595 g/mol. The number of benzene rings is 7. The smallest absolute Gasteiger partial charge is 0.131 e. The van der Waals surface area contributed by atoms with E-state index in [1.54, 1.807) is 0 Å². The van der Waals surface area contributed by atoms with Gasteiger partial charge in [-0.3, -0.25) is 8.97 Å². The van der Waals surface area contributed by atoms with E-state index in [9.17, 15) is 0 Å².